The third-order valence-electron chi connectivity index (χ3n) is 6.27. The lowest BCUT2D eigenvalue weighted by atomic mass is 9.79. The Balaban J connectivity index is 1.58. The second-order valence-electron chi connectivity index (χ2n) is 8.45. The fourth-order valence-corrected chi connectivity index (χ4v) is 4.72. The number of carbonyl (C=O) groups is 1. The van der Waals surface area contributed by atoms with Crippen molar-refractivity contribution in [1.29, 1.82) is 0 Å². The number of anilines is 1. The Labute approximate surface area is 169 Å². The summed E-state index contributed by atoms with van der Waals surface area (Å²) < 4.78 is 51.9. The van der Waals surface area contributed by atoms with Gasteiger partial charge in [-0.05, 0) is 63.6 Å². The van der Waals surface area contributed by atoms with Gasteiger partial charge < -0.3 is 10.2 Å². The third-order valence-corrected chi connectivity index (χ3v) is 6.27. The van der Waals surface area contributed by atoms with Crippen molar-refractivity contribution in [3.05, 3.63) is 29.6 Å². The molecule has 1 unspecified atom stereocenters. The van der Waals surface area contributed by atoms with Crippen LogP contribution in [0.3, 0.4) is 0 Å². The molecule has 0 radical (unpaired) electrons. The molecule has 1 saturated carbocycles. The first kappa shape index (κ1) is 21.9. The third kappa shape index (κ3) is 5.21. The van der Waals surface area contributed by atoms with Gasteiger partial charge in [0.1, 0.15) is 5.82 Å². The summed E-state index contributed by atoms with van der Waals surface area (Å²) in [5.74, 6) is -0.775. The molecule has 1 aliphatic carbocycles. The van der Waals surface area contributed by atoms with E-state index in [9.17, 15) is 22.4 Å². The Bertz CT molecular complexity index is 702. The molecule has 0 spiro atoms. The van der Waals surface area contributed by atoms with Gasteiger partial charge in [0.15, 0.2) is 0 Å². The zero-order valence-corrected chi connectivity index (χ0v) is 16.9. The van der Waals surface area contributed by atoms with Crippen LogP contribution in [0.1, 0.15) is 45.1 Å². The highest BCUT2D eigenvalue weighted by Gasteiger charge is 2.36. The minimum atomic E-state index is -4.68. The molecule has 1 aromatic carbocycles. The SMILES string of the molecule is CC(C)N1CCN(C=O)CC1C1CCC(Nc2ccc(C(F)(F)F)c(F)c2)CC1. The average molecular weight is 415 g/mol. The summed E-state index contributed by atoms with van der Waals surface area (Å²) in [5, 5.41) is 3.19. The summed E-state index contributed by atoms with van der Waals surface area (Å²) in [7, 11) is 0. The first-order chi connectivity index (χ1) is 13.7. The number of alkyl halides is 3. The van der Waals surface area contributed by atoms with Gasteiger partial charge in [-0.3, -0.25) is 9.69 Å². The molecule has 1 N–H and O–H groups in total. The highest BCUT2D eigenvalue weighted by molar-refractivity contribution is 5.48. The molecule has 1 aliphatic heterocycles. The van der Waals surface area contributed by atoms with Crippen LogP contribution < -0.4 is 5.32 Å². The van der Waals surface area contributed by atoms with Crippen LogP contribution in [0.2, 0.25) is 0 Å². The Hall–Kier alpha value is -1.83. The maximum atomic E-state index is 13.8. The van der Waals surface area contributed by atoms with Crippen molar-refractivity contribution in [3.63, 3.8) is 0 Å². The van der Waals surface area contributed by atoms with Gasteiger partial charge in [0.05, 0.1) is 5.56 Å². The topological polar surface area (TPSA) is 35.6 Å². The van der Waals surface area contributed by atoms with E-state index in [1.807, 2.05) is 4.90 Å². The molecule has 1 saturated heterocycles. The molecule has 162 valence electrons. The number of nitrogens with zero attached hydrogens (tertiary/aromatic N) is 2. The average Bonchev–Trinajstić information content (AvgIpc) is 2.67. The van der Waals surface area contributed by atoms with Gasteiger partial charge in [0.2, 0.25) is 6.41 Å². The van der Waals surface area contributed by atoms with Gasteiger partial charge in [-0.2, -0.15) is 13.2 Å². The number of carbonyl (C=O) groups excluding carboxylic acids is 1. The zero-order chi connectivity index (χ0) is 21.2. The number of hydrogen-bond acceptors (Lipinski definition) is 3. The molecule has 29 heavy (non-hydrogen) atoms. The number of benzene rings is 1. The van der Waals surface area contributed by atoms with E-state index in [0.29, 0.717) is 23.7 Å². The minimum Gasteiger partial charge on any atom is -0.382 e. The standard InChI is InChI=1S/C21H29F4N3O/c1-14(2)28-10-9-27(13-29)12-20(28)15-3-5-16(6-4-15)26-17-7-8-18(19(22)11-17)21(23,24)25/h7-8,11,13-16,20,26H,3-6,9-10,12H2,1-2H3. The predicted molar refractivity (Wildman–Crippen MR) is 104 cm³/mol. The number of amides is 1. The van der Waals surface area contributed by atoms with Gasteiger partial charge in [-0.15, -0.1) is 0 Å². The van der Waals surface area contributed by atoms with Crippen molar-refractivity contribution in [2.45, 2.75) is 63.8 Å². The van der Waals surface area contributed by atoms with E-state index in [1.165, 1.54) is 6.07 Å². The first-order valence-electron chi connectivity index (χ1n) is 10.3. The second-order valence-corrected chi connectivity index (χ2v) is 8.45. The molecule has 8 heteroatoms. The van der Waals surface area contributed by atoms with E-state index in [0.717, 1.165) is 63.9 Å². The van der Waals surface area contributed by atoms with Crippen molar-refractivity contribution in [1.82, 2.24) is 9.80 Å². The van der Waals surface area contributed by atoms with Crippen LogP contribution >= 0.6 is 0 Å². The number of halogens is 4. The van der Waals surface area contributed by atoms with Crippen LogP contribution in [0.15, 0.2) is 18.2 Å². The van der Waals surface area contributed by atoms with Crippen molar-refractivity contribution < 1.29 is 22.4 Å². The molecule has 2 aliphatic rings. The monoisotopic (exact) mass is 415 g/mol. The Morgan fingerprint density at radius 1 is 1.14 bits per heavy atom. The van der Waals surface area contributed by atoms with E-state index >= 15 is 0 Å². The normalized spacial score (nSPS) is 26.6. The summed E-state index contributed by atoms with van der Waals surface area (Å²) in [6, 6.07) is 3.87. The molecule has 1 amide bonds. The van der Waals surface area contributed by atoms with Crippen LogP contribution in [-0.4, -0.2) is 54.0 Å². The van der Waals surface area contributed by atoms with E-state index in [4.69, 9.17) is 0 Å². The molecule has 1 aromatic rings. The van der Waals surface area contributed by atoms with Crippen LogP contribution in [0, 0.1) is 11.7 Å². The van der Waals surface area contributed by atoms with E-state index in [-0.39, 0.29) is 6.04 Å². The summed E-state index contributed by atoms with van der Waals surface area (Å²) in [5.41, 5.74) is -0.856. The lowest BCUT2D eigenvalue weighted by Crippen LogP contribution is -2.58. The summed E-state index contributed by atoms with van der Waals surface area (Å²) in [4.78, 5) is 15.6. The molecular formula is C21H29F4N3O. The fraction of sp³-hybridized carbons (Fsp3) is 0.667. The number of rotatable bonds is 5. The smallest absolute Gasteiger partial charge is 0.382 e. The maximum absolute atomic E-state index is 13.8. The lowest BCUT2D eigenvalue weighted by Gasteiger charge is -2.47. The molecule has 1 atom stereocenters. The summed E-state index contributed by atoms with van der Waals surface area (Å²) in [6.07, 6.45) is -0.0637. The summed E-state index contributed by atoms with van der Waals surface area (Å²) >= 11 is 0. The van der Waals surface area contributed by atoms with E-state index in [1.54, 1.807) is 0 Å². The molecule has 0 bridgehead atoms. The van der Waals surface area contributed by atoms with Gasteiger partial charge in [0.25, 0.3) is 0 Å². The fourth-order valence-electron chi connectivity index (χ4n) is 4.72. The highest BCUT2D eigenvalue weighted by Crippen LogP contribution is 2.35. The Kier molecular flexibility index (Phi) is 6.71. The molecule has 3 rings (SSSR count). The maximum Gasteiger partial charge on any atom is 0.419 e. The van der Waals surface area contributed by atoms with Gasteiger partial charge >= 0.3 is 6.18 Å². The van der Waals surface area contributed by atoms with E-state index < -0.39 is 17.6 Å². The van der Waals surface area contributed by atoms with Crippen LogP contribution in [-0.2, 0) is 11.0 Å². The van der Waals surface area contributed by atoms with Crippen molar-refractivity contribution in [2.75, 3.05) is 25.0 Å². The van der Waals surface area contributed by atoms with Crippen molar-refractivity contribution in [3.8, 4) is 0 Å². The van der Waals surface area contributed by atoms with Crippen LogP contribution in [0.4, 0.5) is 23.2 Å². The van der Waals surface area contributed by atoms with Crippen LogP contribution in [0.5, 0.6) is 0 Å². The minimum absolute atomic E-state index is 0.112. The number of nitrogens with one attached hydrogen (secondary N) is 1. The van der Waals surface area contributed by atoms with Crippen LogP contribution in [0.25, 0.3) is 0 Å². The Morgan fingerprint density at radius 2 is 1.83 bits per heavy atom. The molecule has 1 heterocycles. The highest BCUT2D eigenvalue weighted by atomic mass is 19.4. The number of piperazine rings is 1. The molecule has 4 nitrogen and oxygen atoms in total. The zero-order valence-electron chi connectivity index (χ0n) is 16.9. The largest absolute Gasteiger partial charge is 0.419 e. The quantitative estimate of drug-likeness (QED) is 0.573. The first-order valence-corrected chi connectivity index (χ1v) is 10.3. The van der Waals surface area contributed by atoms with Gasteiger partial charge in [0, 0.05) is 43.4 Å². The Morgan fingerprint density at radius 3 is 2.38 bits per heavy atom. The van der Waals surface area contributed by atoms with Crippen molar-refractivity contribution >= 4 is 12.1 Å². The molecular weight excluding hydrogens is 386 g/mol. The number of hydrogen-bond donors (Lipinski definition) is 1. The summed E-state index contributed by atoms with van der Waals surface area (Å²) in [6.45, 7) is 6.74. The molecule has 0 aromatic heterocycles. The molecule has 2 fully saturated rings. The second kappa shape index (κ2) is 8.90. The van der Waals surface area contributed by atoms with Crippen molar-refractivity contribution in [2.24, 2.45) is 5.92 Å². The predicted octanol–water partition coefficient (Wildman–Crippen LogP) is 4.37. The van der Waals surface area contributed by atoms with Gasteiger partial charge in [-0.1, -0.05) is 0 Å². The van der Waals surface area contributed by atoms with E-state index in [2.05, 4.69) is 24.1 Å². The lowest BCUT2D eigenvalue weighted by molar-refractivity contribution is -0.140. The van der Waals surface area contributed by atoms with Gasteiger partial charge in [-0.25, -0.2) is 4.39 Å².